The lowest BCUT2D eigenvalue weighted by Gasteiger charge is -2.17. The fraction of sp³-hybridized carbons (Fsp3) is 0.702. The minimum atomic E-state index is -0.584. The monoisotopic (exact) mass is 919 g/mol. The largest absolute Gasteiger partial charge is 0.461 e. The first-order valence-electron chi connectivity index (χ1n) is 26.0. The summed E-state index contributed by atoms with van der Waals surface area (Å²) in [6.07, 6.45) is 33.7. The second kappa shape index (κ2) is 44.9. The Hall–Kier alpha value is -3.89. The predicted octanol–water partition coefficient (Wildman–Crippen LogP) is 14.0. The zero-order valence-electron chi connectivity index (χ0n) is 42.0. The molecule has 0 aromatic heterocycles. The molecule has 0 spiro atoms. The lowest BCUT2D eigenvalue weighted by atomic mass is 10.1. The maximum Gasteiger partial charge on any atom is 0.306 e. The molecule has 1 N–H and O–H groups in total. The Bertz CT molecular complexity index is 1530. The van der Waals surface area contributed by atoms with Crippen molar-refractivity contribution < 1.29 is 43.2 Å². The summed E-state index contributed by atoms with van der Waals surface area (Å²) < 4.78 is 28.9. The molecule has 0 aliphatic carbocycles. The third kappa shape index (κ3) is 38.2. The number of hydrogen-bond donors (Lipinski definition) is 1. The van der Waals surface area contributed by atoms with Crippen LogP contribution in [0.4, 0.5) is 0 Å². The molecule has 0 aliphatic rings. The van der Waals surface area contributed by atoms with Crippen LogP contribution in [0.25, 0.3) is 0 Å². The normalized spacial score (nSPS) is 11.7. The minimum Gasteiger partial charge on any atom is -0.461 e. The standard InChI is InChI=1S/C57H90O9/c1-5-9-13-17-20-21-22-23-24-25-26-27-28-29-33-37-54(59)64-47-50-44-51(48-65-55(60)39-38-53(58)36-32-16-12-8-4)46-52(45-50)49-66-56(61)40-41-57(62-42-34-30-18-14-10-6-2)63-43-35-31-19-15-11-7-3/h20-21,23-24,44-46,53,57-58H,5-17,22,25-29,32-43,47-49H2,1-4H3/b21-20-,24-23-. The number of benzene rings is 1. The van der Waals surface area contributed by atoms with Crippen LogP contribution in [-0.4, -0.2) is 48.6 Å². The van der Waals surface area contributed by atoms with E-state index in [4.69, 9.17) is 23.7 Å². The number of rotatable bonds is 41. The molecular weight excluding hydrogens is 829 g/mol. The molecule has 0 heterocycles. The molecule has 66 heavy (non-hydrogen) atoms. The van der Waals surface area contributed by atoms with E-state index in [1.165, 1.54) is 25.7 Å². The van der Waals surface area contributed by atoms with Crippen molar-refractivity contribution >= 4 is 17.9 Å². The Balaban J connectivity index is 2.76. The third-order valence-electron chi connectivity index (χ3n) is 10.9. The van der Waals surface area contributed by atoms with Crippen LogP contribution >= 0.6 is 0 Å². The number of carbonyl (C=O) groups is 3. The molecule has 0 radical (unpaired) electrons. The maximum absolute atomic E-state index is 13.0. The highest BCUT2D eigenvalue weighted by Crippen LogP contribution is 2.18. The van der Waals surface area contributed by atoms with E-state index >= 15 is 0 Å². The second-order valence-corrected chi connectivity index (χ2v) is 17.3. The SMILES string of the molecule is CCCCC#CCCOC(CCC(=O)OCc1cc(COC(=O)CCCCCCC/C=C\C/C=C\CCCCC)cc(COC(=O)CCC(O)CCCCCC)c1)OCCC#CCCCC. The van der Waals surface area contributed by atoms with Crippen molar-refractivity contribution in [2.45, 2.75) is 246 Å². The molecule has 372 valence electrons. The molecule has 0 fully saturated rings. The molecule has 1 atom stereocenters. The van der Waals surface area contributed by atoms with Gasteiger partial charge in [-0.15, -0.1) is 23.7 Å². The van der Waals surface area contributed by atoms with Crippen LogP contribution in [0.2, 0.25) is 0 Å². The predicted molar refractivity (Wildman–Crippen MR) is 268 cm³/mol. The van der Waals surface area contributed by atoms with Gasteiger partial charge in [-0.1, -0.05) is 123 Å². The Morgan fingerprint density at radius 3 is 1.44 bits per heavy atom. The van der Waals surface area contributed by atoms with Gasteiger partial charge in [-0.25, -0.2) is 0 Å². The first-order valence-corrected chi connectivity index (χ1v) is 26.0. The van der Waals surface area contributed by atoms with Crippen molar-refractivity contribution in [2.24, 2.45) is 0 Å². The highest BCUT2D eigenvalue weighted by atomic mass is 16.7. The van der Waals surface area contributed by atoms with Gasteiger partial charge in [0.25, 0.3) is 0 Å². The summed E-state index contributed by atoms with van der Waals surface area (Å²) in [6, 6.07) is 5.51. The molecule has 0 aliphatic heterocycles. The Morgan fingerprint density at radius 1 is 0.485 bits per heavy atom. The van der Waals surface area contributed by atoms with Crippen molar-refractivity contribution in [3.05, 3.63) is 59.2 Å². The number of esters is 3. The summed E-state index contributed by atoms with van der Waals surface area (Å²) >= 11 is 0. The number of aliphatic hydroxyl groups excluding tert-OH is 1. The van der Waals surface area contributed by atoms with E-state index in [1.54, 1.807) is 0 Å². The fourth-order valence-electron chi connectivity index (χ4n) is 6.93. The third-order valence-corrected chi connectivity index (χ3v) is 10.9. The van der Waals surface area contributed by atoms with Crippen LogP contribution in [0, 0.1) is 23.7 Å². The summed E-state index contributed by atoms with van der Waals surface area (Å²) in [4.78, 5) is 38.5. The topological polar surface area (TPSA) is 118 Å². The second-order valence-electron chi connectivity index (χ2n) is 17.3. The number of aliphatic hydroxyl groups is 1. The zero-order valence-corrected chi connectivity index (χ0v) is 42.0. The number of allylic oxidation sites excluding steroid dienone is 4. The van der Waals surface area contributed by atoms with Gasteiger partial charge in [-0.05, 0) is 99.1 Å². The van der Waals surface area contributed by atoms with E-state index in [-0.39, 0.29) is 38.6 Å². The average Bonchev–Trinajstić information content (AvgIpc) is 3.32. The summed E-state index contributed by atoms with van der Waals surface area (Å²) in [5.41, 5.74) is 2.09. The van der Waals surface area contributed by atoms with Crippen LogP contribution in [0.5, 0.6) is 0 Å². The van der Waals surface area contributed by atoms with Crippen molar-refractivity contribution in [3.8, 4) is 23.7 Å². The molecule has 1 aromatic rings. The van der Waals surface area contributed by atoms with Crippen LogP contribution in [0.1, 0.15) is 231 Å². The van der Waals surface area contributed by atoms with E-state index in [0.29, 0.717) is 68.4 Å². The zero-order chi connectivity index (χ0) is 48.0. The van der Waals surface area contributed by atoms with Crippen molar-refractivity contribution in [1.29, 1.82) is 0 Å². The first-order chi connectivity index (χ1) is 32.3. The summed E-state index contributed by atoms with van der Waals surface area (Å²) in [5, 5.41) is 10.3. The fourth-order valence-corrected chi connectivity index (χ4v) is 6.93. The van der Waals surface area contributed by atoms with Gasteiger partial charge in [0, 0.05) is 44.9 Å². The van der Waals surface area contributed by atoms with E-state index in [0.717, 1.165) is 109 Å². The van der Waals surface area contributed by atoms with Crippen LogP contribution in [0.3, 0.4) is 0 Å². The number of hydrogen-bond acceptors (Lipinski definition) is 9. The highest BCUT2D eigenvalue weighted by Gasteiger charge is 2.15. The summed E-state index contributed by atoms with van der Waals surface area (Å²) in [6.45, 7) is 9.52. The molecule has 1 rings (SSSR count). The van der Waals surface area contributed by atoms with E-state index in [1.807, 2.05) is 18.2 Å². The van der Waals surface area contributed by atoms with Gasteiger partial charge in [0.05, 0.1) is 25.7 Å². The highest BCUT2D eigenvalue weighted by molar-refractivity contribution is 5.70. The van der Waals surface area contributed by atoms with Crippen LogP contribution in [-0.2, 0) is 57.9 Å². The Labute approximate surface area is 402 Å². The molecule has 0 bridgehead atoms. The van der Waals surface area contributed by atoms with Crippen molar-refractivity contribution in [1.82, 2.24) is 0 Å². The quantitative estimate of drug-likeness (QED) is 0.0171. The van der Waals surface area contributed by atoms with Crippen LogP contribution < -0.4 is 0 Å². The van der Waals surface area contributed by atoms with E-state index in [2.05, 4.69) is 75.7 Å². The van der Waals surface area contributed by atoms with Gasteiger partial charge in [-0.3, -0.25) is 14.4 Å². The molecule has 0 amide bonds. The van der Waals surface area contributed by atoms with Gasteiger partial charge in [0.1, 0.15) is 19.8 Å². The van der Waals surface area contributed by atoms with Crippen molar-refractivity contribution in [2.75, 3.05) is 13.2 Å². The number of unbranched alkanes of at least 4 members (excludes halogenated alkanes) is 15. The van der Waals surface area contributed by atoms with Gasteiger partial charge >= 0.3 is 17.9 Å². The molecule has 9 nitrogen and oxygen atoms in total. The lowest BCUT2D eigenvalue weighted by Crippen LogP contribution is -2.20. The Morgan fingerprint density at radius 2 is 0.909 bits per heavy atom. The summed E-state index contributed by atoms with van der Waals surface area (Å²) in [5.74, 6) is 11.6. The Kier molecular flexibility index (Phi) is 40.9. The van der Waals surface area contributed by atoms with Gasteiger partial charge < -0.3 is 28.8 Å². The van der Waals surface area contributed by atoms with Gasteiger partial charge in [0.2, 0.25) is 0 Å². The molecule has 0 saturated carbocycles. The minimum absolute atomic E-state index is 0.00243. The van der Waals surface area contributed by atoms with E-state index in [9.17, 15) is 19.5 Å². The van der Waals surface area contributed by atoms with Gasteiger partial charge in [0.15, 0.2) is 6.29 Å². The molecule has 9 heteroatoms. The molecule has 1 unspecified atom stereocenters. The van der Waals surface area contributed by atoms with Crippen molar-refractivity contribution in [3.63, 3.8) is 0 Å². The maximum atomic E-state index is 13.0. The van der Waals surface area contributed by atoms with E-state index < -0.39 is 24.3 Å². The molecule has 0 saturated heterocycles. The van der Waals surface area contributed by atoms with Crippen LogP contribution in [0.15, 0.2) is 42.5 Å². The molecular formula is C57H90O9. The lowest BCUT2D eigenvalue weighted by molar-refractivity contribution is -0.158. The average molecular weight is 919 g/mol. The first kappa shape index (κ1) is 60.1. The number of carbonyl (C=O) groups excluding carboxylic acids is 3. The smallest absolute Gasteiger partial charge is 0.306 e. The summed E-state index contributed by atoms with van der Waals surface area (Å²) in [7, 11) is 0. The van der Waals surface area contributed by atoms with Gasteiger partial charge in [-0.2, -0.15) is 0 Å². The number of ether oxygens (including phenoxy) is 5. The molecule has 1 aromatic carbocycles.